The number of carbonyl (C=O) groups excluding carboxylic acids is 1. The van der Waals surface area contributed by atoms with Gasteiger partial charge in [-0.25, -0.2) is 17.8 Å². The fourth-order valence-electron chi connectivity index (χ4n) is 4.99. The van der Waals surface area contributed by atoms with Crippen LogP contribution in [0.5, 0.6) is 0 Å². The van der Waals surface area contributed by atoms with Crippen LogP contribution in [0.1, 0.15) is 37.7 Å². The van der Waals surface area contributed by atoms with Gasteiger partial charge in [-0.1, -0.05) is 12.8 Å². The van der Waals surface area contributed by atoms with E-state index < -0.39 is 20.7 Å². The molecule has 2 N–H and O–H groups in total. The summed E-state index contributed by atoms with van der Waals surface area (Å²) in [6, 6.07) is 2.56. The molecule has 2 aliphatic rings. The van der Waals surface area contributed by atoms with Gasteiger partial charge in [0, 0.05) is 36.9 Å². The number of likely N-dealkylation sites (tertiary alicyclic amines) is 1. The Morgan fingerprint density at radius 1 is 1.26 bits per heavy atom. The normalized spacial score (nSPS) is 23.6. The average Bonchev–Trinajstić information content (AvgIpc) is 3.46. The monoisotopic (exact) mass is 509 g/mol. The molecule has 1 saturated heterocycles. The van der Waals surface area contributed by atoms with Crippen LogP contribution in [-0.2, 0) is 14.8 Å². The van der Waals surface area contributed by atoms with Crippen molar-refractivity contribution in [3.8, 4) is 0 Å². The third-order valence-corrected chi connectivity index (χ3v) is 9.05. The van der Waals surface area contributed by atoms with E-state index in [9.17, 15) is 17.6 Å². The van der Waals surface area contributed by atoms with E-state index in [-0.39, 0.29) is 29.0 Å². The second-order valence-electron chi connectivity index (χ2n) is 9.34. The van der Waals surface area contributed by atoms with E-state index in [1.807, 2.05) is 19.0 Å². The highest BCUT2D eigenvalue weighted by Gasteiger charge is 2.36. The molecule has 1 aliphatic carbocycles. The molecule has 1 aromatic carbocycles. The molecular weight excluding hydrogens is 477 g/mol. The lowest BCUT2D eigenvalue weighted by molar-refractivity contribution is -0.136. The quantitative estimate of drug-likeness (QED) is 0.593. The number of aromatic nitrogens is 1. The molecule has 1 aliphatic heterocycles. The second kappa shape index (κ2) is 10.2. The lowest BCUT2D eigenvalue weighted by Crippen LogP contribution is -2.51. The Hall–Kier alpha value is -2.24. The molecule has 0 bridgehead atoms. The van der Waals surface area contributed by atoms with Crippen LogP contribution < -0.4 is 10.0 Å². The Labute approximate surface area is 204 Å². The summed E-state index contributed by atoms with van der Waals surface area (Å²) in [4.78, 5) is 20.7. The summed E-state index contributed by atoms with van der Waals surface area (Å²) in [7, 11) is -0.190. The number of amides is 1. The highest BCUT2D eigenvalue weighted by Crippen LogP contribution is 2.31. The van der Waals surface area contributed by atoms with E-state index in [1.165, 1.54) is 18.3 Å². The van der Waals surface area contributed by atoms with Gasteiger partial charge >= 0.3 is 0 Å². The third kappa shape index (κ3) is 5.36. The van der Waals surface area contributed by atoms with E-state index in [4.69, 9.17) is 0 Å². The van der Waals surface area contributed by atoms with Crippen LogP contribution in [0, 0.1) is 18.7 Å². The zero-order chi connectivity index (χ0) is 24.5. The number of benzene rings is 1. The SMILES string of the molecule is Cc1cc(S(=O)(=O)Nc2nccs2)c(F)cc1NC1CCCC[C@@H]1N(C)C(=O)[C@@H]1CCN(C)C1. The summed E-state index contributed by atoms with van der Waals surface area (Å²) in [5.41, 5.74) is 1.17. The number of aryl methyl sites for hydroxylation is 1. The van der Waals surface area contributed by atoms with Crippen molar-refractivity contribution in [3.05, 3.63) is 35.1 Å². The molecule has 1 aromatic heterocycles. The number of hydrogen-bond donors (Lipinski definition) is 2. The van der Waals surface area contributed by atoms with Crippen LogP contribution in [0.4, 0.5) is 15.2 Å². The van der Waals surface area contributed by atoms with Crippen molar-refractivity contribution < 1.29 is 17.6 Å². The van der Waals surface area contributed by atoms with E-state index in [2.05, 4.69) is 19.9 Å². The Kier molecular flexibility index (Phi) is 7.44. The number of nitrogens with zero attached hydrogens (tertiary/aromatic N) is 3. The first-order chi connectivity index (χ1) is 16.2. The summed E-state index contributed by atoms with van der Waals surface area (Å²) < 4.78 is 42.7. The maximum absolute atomic E-state index is 15.0. The molecule has 11 heteroatoms. The molecule has 1 saturated carbocycles. The summed E-state index contributed by atoms with van der Waals surface area (Å²) in [6.45, 7) is 3.47. The van der Waals surface area contributed by atoms with Crippen molar-refractivity contribution >= 4 is 38.1 Å². The Morgan fingerprint density at radius 3 is 2.71 bits per heavy atom. The van der Waals surface area contributed by atoms with Crippen molar-refractivity contribution in [2.24, 2.45) is 5.92 Å². The molecule has 8 nitrogen and oxygen atoms in total. The van der Waals surface area contributed by atoms with Gasteiger partial charge in [0.05, 0.1) is 12.0 Å². The number of hydrogen-bond acceptors (Lipinski definition) is 7. The zero-order valence-corrected chi connectivity index (χ0v) is 21.4. The molecule has 4 rings (SSSR count). The van der Waals surface area contributed by atoms with E-state index >= 15 is 0 Å². The molecule has 0 radical (unpaired) electrons. The van der Waals surface area contributed by atoms with Crippen LogP contribution in [0.2, 0.25) is 0 Å². The van der Waals surface area contributed by atoms with Crippen LogP contribution in [-0.4, -0.2) is 68.4 Å². The number of carbonyl (C=O) groups is 1. The minimum atomic E-state index is -4.10. The van der Waals surface area contributed by atoms with Crippen molar-refractivity contribution in [2.45, 2.75) is 56.0 Å². The van der Waals surface area contributed by atoms with Gasteiger partial charge in [-0.3, -0.25) is 9.52 Å². The average molecular weight is 510 g/mol. The van der Waals surface area contributed by atoms with Gasteiger partial charge in [-0.2, -0.15) is 0 Å². The number of rotatable bonds is 7. The summed E-state index contributed by atoms with van der Waals surface area (Å²) in [5, 5.41) is 5.25. The topological polar surface area (TPSA) is 94.6 Å². The summed E-state index contributed by atoms with van der Waals surface area (Å²) >= 11 is 1.12. The van der Waals surface area contributed by atoms with Crippen LogP contribution >= 0.6 is 11.3 Å². The van der Waals surface area contributed by atoms with Crippen molar-refractivity contribution in [1.29, 1.82) is 0 Å². The van der Waals surface area contributed by atoms with Crippen molar-refractivity contribution in [3.63, 3.8) is 0 Å². The maximum Gasteiger partial charge on any atom is 0.266 e. The molecule has 0 spiro atoms. The second-order valence-corrected chi connectivity index (χ2v) is 11.9. The third-order valence-electron chi connectivity index (χ3n) is 6.88. The molecule has 1 amide bonds. The molecule has 2 heterocycles. The van der Waals surface area contributed by atoms with E-state index in [0.717, 1.165) is 56.5 Å². The van der Waals surface area contributed by atoms with Gasteiger partial charge in [0.25, 0.3) is 10.0 Å². The van der Waals surface area contributed by atoms with Crippen molar-refractivity contribution in [1.82, 2.24) is 14.8 Å². The van der Waals surface area contributed by atoms with Gasteiger partial charge < -0.3 is 15.1 Å². The fraction of sp³-hybridized carbons (Fsp3) is 0.565. The van der Waals surface area contributed by atoms with Crippen LogP contribution in [0.15, 0.2) is 28.6 Å². The van der Waals surface area contributed by atoms with Gasteiger partial charge in [0.1, 0.15) is 10.7 Å². The van der Waals surface area contributed by atoms with Crippen LogP contribution in [0.25, 0.3) is 0 Å². The summed E-state index contributed by atoms with van der Waals surface area (Å²) in [6.07, 6.45) is 6.16. The lowest BCUT2D eigenvalue weighted by Gasteiger charge is -2.40. The minimum absolute atomic E-state index is 0.00426. The molecule has 186 valence electrons. The van der Waals surface area contributed by atoms with Crippen molar-refractivity contribution in [2.75, 3.05) is 37.2 Å². The number of anilines is 2. The number of sulfonamides is 1. The first kappa shape index (κ1) is 24.9. The first-order valence-corrected chi connectivity index (χ1v) is 14.0. The largest absolute Gasteiger partial charge is 0.380 e. The summed E-state index contributed by atoms with van der Waals surface area (Å²) in [5.74, 6) is -0.643. The number of likely N-dealkylation sites (N-methyl/N-ethyl adjacent to an activating group) is 1. The Balaban J connectivity index is 1.51. The predicted octanol–water partition coefficient (Wildman–Crippen LogP) is 3.52. The van der Waals surface area contributed by atoms with Gasteiger partial charge in [0.15, 0.2) is 5.13 Å². The minimum Gasteiger partial charge on any atom is -0.380 e. The smallest absolute Gasteiger partial charge is 0.266 e. The highest BCUT2D eigenvalue weighted by atomic mass is 32.2. The van der Waals surface area contributed by atoms with E-state index in [1.54, 1.807) is 12.3 Å². The standard InChI is InChI=1S/C23H32FN5O3S2/c1-15-12-21(34(31,32)27-23-25-9-11-33-23)17(24)13-19(15)26-18-6-4-5-7-20(18)29(3)22(30)16-8-10-28(2)14-16/h9,11-13,16,18,20,26H,4-8,10,14H2,1-3H3,(H,25,27)/t16-,18?,20+/m1/s1. The van der Waals surface area contributed by atoms with Gasteiger partial charge in [-0.05, 0) is 57.5 Å². The molecule has 2 fully saturated rings. The number of nitrogens with one attached hydrogen (secondary N) is 2. The van der Waals surface area contributed by atoms with E-state index in [0.29, 0.717) is 11.3 Å². The molecule has 1 unspecified atom stereocenters. The lowest BCUT2D eigenvalue weighted by atomic mass is 9.88. The molecule has 2 aromatic rings. The Bertz CT molecular complexity index is 1130. The highest BCUT2D eigenvalue weighted by molar-refractivity contribution is 7.93. The maximum atomic E-state index is 15.0. The number of halogens is 1. The molecule has 3 atom stereocenters. The first-order valence-electron chi connectivity index (χ1n) is 11.6. The number of thiazole rings is 1. The van der Waals surface area contributed by atoms with Gasteiger partial charge in [-0.15, -0.1) is 11.3 Å². The molecule has 34 heavy (non-hydrogen) atoms. The van der Waals surface area contributed by atoms with Crippen LogP contribution in [0.3, 0.4) is 0 Å². The zero-order valence-electron chi connectivity index (χ0n) is 19.8. The Morgan fingerprint density at radius 2 is 2.03 bits per heavy atom. The predicted molar refractivity (Wildman–Crippen MR) is 132 cm³/mol. The molecular formula is C23H32FN5O3S2. The van der Waals surface area contributed by atoms with Gasteiger partial charge in [0.2, 0.25) is 5.91 Å². The fourth-order valence-corrected chi connectivity index (χ4v) is 6.93.